The summed E-state index contributed by atoms with van der Waals surface area (Å²) in [5.74, 6) is 0. The van der Waals surface area contributed by atoms with Crippen LogP contribution in [0.3, 0.4) is 0 Å². The average Bonchev–Trinajstić information content (AvgIpc) is 3.67. The predicted octanol–water partition coefficient (Wildman–Crippen LogP) is 10.0. The Bertz CT molecular complexity index is 1560. The molecule has 0 aliphatic carbocycles. The normalized spacial score (nSPS) is 13.3. The summed E-state index contributed by atoms with van der Waals surface area (Å²) in [7, 11) is 0. The number of hydrogen-bond donors (Lipinski definition) is 2. The molecule has 2 N–H and O–H groups in total. The van der Waals surface area contributed by atoms with E-state index in [0.29, 0.717) is 0 Å². The van der Waals surface area contributed by atoms with Gasteiger partial charge in [-0.15, -0.1) is 0 Å². The van der Waals surface area contributed by atoms with Gasteiger partial charge in [0.2, 0.25) is 0 Å². The van der Waals surface area contributed by atoms with Crippen LogP contribution in [-0.4, -0.2) is 19.9 Å². The maximum Gasteiger partial charge on any atom is 4.00 e. The van der Waals surface area contributed by atoms with Gasteiger partial charge in [-0.3, -0.25) is 0 Å². The standard InChI is InChI=1S/C36H46N4.V/c1-9-21-22(10-2)30-18-32-25(13-5)26(14-6)34(39-32)20-36-28(16-8)27(15-7)35(40-36)19-33-24(12-4)23(11-3)31(38-33)17-29(21)37-30;/h17-20,37-38H,9-16H2,1-8H3;/q;+4. The van der Waals surface area contributed by atoms with Crippen molar-refractivity contribution in [2.75, 3.05) is 0 Å². The molecule has 2 aliphatic heterocycles. The van der Waals surface area contributed by atoms with Crippen molar-refractivity contribution < 1.29 is 18.6 Å². The van der Waals surface area contributed by atoms with Crippen molar-refractivity contribution in [3.05, 3.63) is 69.3 Å². The number of aromatic amines is 2. The number of rotatable bonds is 8. The van der Waals surface area contributed by atoms with E-state index in [9.17, 15) is 0 Å². The molecule has 0 saturated heterocycles. The molecule has 0 aromatic carbocycles. The molecule has 0 spiro atoms. The summed E-state index contributed by atoms with van der Waals surface area (Å²) in [5.41, 5.74) is 20.2. The molecule has 0 saturated carbocycles. The Labute approximate surface area is 258 Å². The molecule has 0 atom stereocenters. The topological polar surface area (TPSA) is 57.4 Å². The van der Waals surface area contributed by atoms with E-state index in [1.165, 1.54) is 66.6 Å². The first-order valence-corrected chi connectivity index (χ1v) is 15.7. The summed E-state index contributed by atoms with van der Waals surface area (Å²) in [5, 5.41) is 0. The molecule has 8 bridgehead atoms. The summed E-state index contributed by atoms with van der Waals surface area (Å²) in [6.07, 6.45) is 7.84. The summed E-state index contributed by atoms with van der Waals surface area (Å²) >= 11 is 0. The van der Waals surface area contributed by atoms with Crippen molar-refractivity contribution in [2.24, 2.45) is 0 Å². The Morgan fingerprint density at radius 2 is 0.659 bits per heavy atom. The largest absolute Gasteiger partial charge is 4.00 e. The molecule has 3 aromatic rings. The van der Waals surface area contributed by atoms with Gasteiger partial charge in [-0.2, -0.15) is 0 Å². The number of H-pyrrole nitrogens is 2. The van der Waals surface area contributed by atoms with Crippen LogP contribution in [0.4, 0.5) is 0 Å². The Morgan fingerprint density at radius 1 is 0.390 bits per heavy atom. The monoisotopic (exact) mass is 585 g/mol. The van der Waals surface area contributed by atoms with Crippen LogP contribution in [0.15, 0.2) is 24.3 Å². The second-order valence-electron chi connectivity index (χ2n) is 10.9. The Morgan fingerprint density at radius 3 is 0.927 bits per heavy atom. The van der Waals surface area contributed by atoms with Crippen LogP contribution in [-0.2, 0) is 44.2 Å². The quantitative estimate of drug-likeness (QED) is 0.276. The smallest absolute Gasteiger partial charge is 0.355 e. The van der Waals surface area contributed by atoms with Gasteiger partial charge in [-0.1, -0.05) is 55.4 Å². The van der Waals surface area contributed by atoms with Crippen LogP contribution >= 0.6 is 0 Å². The van der Waals surface area contributed by atoms with Gasteiger partial charge >= 0.3 is 18.6 Å². The molecule has 5 heterocycles. The molecule has 0 amide bonds. The third kappa shape index (κ3) is 5.30. The second-order valence-corrected chi connectivity index (χ2v) is 10.9. The van der Waals surface area contributed by atoms with Crippen LogP contribution in [0.1, 0.15) is 126 Å². The van der Waals surface area contributed by atoms with E-state index in [4.69, 9.17) is 9.97 Å². The zero-order valence-corrected chi connectivity index (χ0v) is 27.7. The van der Waals surface area contributed by atoms with Crippen molar-refractivity contribution in [1.29, 1.82) is 0 Å². The Balaban J connectivity index is 0.00000387. The van der Waals surface area contributed by atoms with E-state index in [0.717, 1.165) is 74.1 Å². The first-order chi connectivity index (χ1) is 19.5. The van der Waals surface area contributed by atoms with Crippen LogP contribution in [0.25, 0.3) is 44.4 Å². The Kier molecular flexibility index (Phi) is 9.87. The second kappa shape index (κ2) is 13.0. The van der Waals surface area contributed by atoms with E-state index in [1.807, 2.05) is 0 Å². The number of aromatic nitrogens is 4. The SMILES string of the molecule is CCC1=C(CC)c2cc3[nH]c(cc4[nH]c(cc5nc(cc1n2)C(CC)=C5CC)c(CC)c4CC)c(CC)c3CC.[V+4]. The third-order valence-electron chi connectivity index (χ3n) is 8.97. The maximum atomic E-state index is 5.28. The summed E-state index contributed by atoms with van der Waals surface area (Å²) in [4.78, 5) is 18.2. The van der Waals surface area contributed by atoms with Crippen molar-refractivity contribution in [1.82, 2.24) is 19.9 Å². The number of aryl methyl sites for hydroxylation is 4. The van der Waals surface area contributed by atoms with Gasteiger partial charge in [0.15, 0.2) is 0 Å². The van der Waals surface area contributed by atoms with Gasteiger partial charge in [0.25, 0.3) is 0 Å². The summed E-state index contributed by atoms with van der Waals surface area (Å²) < 4.78 is 0. The molecular formula is C36H46N4V+4. The van der Waals surface area contributed by atoms with Gasteiger partial charge in [0.05, 0.1) is 22.8 Å². The number of allylic oxidation sites excluding steroid dienone is 4. The average molecular weight is 586 g/mol. The van der Waals surface area contributed by atoms with Crippen LogP contribution in [0.2, 0.25) is 0 Å². The Hall–Kier alpha value is -2.82. The van der Waals surface area contributed by atoms with Gasteiger partial charge in [0.1, 0.15) is 0 Å². The summed E-state index contributed by atoms with van der Waals surface area (Å²) in [6, 6.07) is 9.24. The van der Waals surface area contributed by atoms with Gasteiger partial charge < -0.3 is 9.97 Å². The fourth-order valence-electron chi connectivity index (χ4n) is 7.10. The number of fused-ring (bicyclic) bond motifs is 8. The van der Waals surface area contributed by atoms with Gasteiger partial charge in [-0.25, -0.2) is 9.97 Å². The first kappa shape index (κ1) is 31.1. The molecule has 41 heavy (non-hydrogen) atoms. The van der Waals surface area contributed by atoms with Crippen LogP contribution in [0.5, 0.6) is 0 Å². The molecule has 5 rings (SSSR count). The number of nitrogens with one attached hydrogen (secondary N) is 2. The fraction of sp³-hybridized carbons (Fsp3) is 0.444. The minimum Gasteiger partial charge on any atom is -0.355 e. The minimum absolute atomic E-state index is 0. The van der Waals surface area contributed by atoms with E-state index in [-0.39, 0.29) is 18.6 Å². The molecular weight excluding hydrogens is 539 g/mol. The zero-order chi connectivity index (χ0) is 28.6. The summed E-state index contributed by atoms with van der Waals surface area (Å²) in [6.45, 7) is 18.1. The first-order valence-electron chi connectivity index (χ1n) is 15.7. The molecule has 3 aromatic heterocycles. The fourth-order valence-corrected chi connectivity index (χ4v) is 7.10. The van der Waals surface area contributed by atoms with E-state index in [1.54, 1.807) is 0 Å². The van der Waals surface area contributed by atoms with Gasteiger partial charge in [-0.05, 0) is 120 Å². The minimum atomic E-state index is 0. The molecule has 5 heteroatoms. The molecule has 2 aliphatic rings. The third-order valence-corrected chi connectivity index (χ3v) is 8.97. The van der Waals surface area contributed by atoms with Crippen LogP contribution < -0.4 is 0 Å². The predicted molar refractivity (Wildman–Crippen MR) is 173 cm³/mol. The van der Waals surface area contributed by atoms with E-state index in [2.05, 4.69) is 89.6 Å². The van der Waals surface area contributed by atoms with Crippen molar-refractivity contribution in [2.45, 2.75) is 107 Å². The van der Waals surface area contributed by atoms with E-state index < -0.39 is 0 Å². The van der Waals surface area contributed by atoms with Crippen molar-refractivity contribution in [3.63, 3.8) is 0 Å². The zero-order valence-electron chi connectivity index (χ0n) is 26.3. The van der Waals surface area contributed by atoms with Gasteiger partial charge in [0, 0.05) is 22.1 Å². The number of hydrogen-bond acceptors (Lipinski definition) is 2. The van der Waals surface area contributed by atoms with E-state index >= 15 is 0 Å². The van der Waals surface area contributed by atoms with Crippen LogP contribution in [0, 0.1) is 0 Å². The van der Waals surface area contributed by atoms with Crippen molar-refractivity contribution in [3.8, 4) is 0 Å². The molecule has 4 nitrogen and oxygen atoms in total. The van der Waals surface area contributed by atoms with Crippen molar-refractivity contribution >= 4 is 44.4 Å². The number of nitrogens with zero attached hydrogens (tertiary/aromatic N) is 2. The molecule has 1 radical (unpaired) electrons. The molecule has 0 unspecified atom stereocenters. The molecule has 0 fully saturated rings. The maximum absolute atomic E-state index is 5.28. The molecule has 211 valence electrons.